The third kappa shape index (κ3) is 2.81. The van der Waals surface area contributed by atoms with Crippen molar-refractivity contribution in [1.29, 1.82) is 0 Å². The van der Waals surface area contributed by atoms with Gasteiger partial charge in [0.1, 0.15) is 0 Å². The molecule has 0 saturated carbocycles. The van der Waals surface area contributed by atoms with Gasteiger partial charge in [-0.25, -0.2) is 13.4 Å². The number of benzene rings is 1. The van der Waals surface area contributed by atoms with E-state index in [1.807, 2.05) is 22.9 Å². The molecule has 2 aromatic heterocycles. The summed E-state index contributed by atoms with van der Waals surface area (Å²) in [5.41, 5.74) is 2.09. The van der Waals surface area contributed by atoms with Crippen molar-refractivity contribution >= 4 is 49.4 Å². The molecule has 0 saturated heterocycles. The molecule has 1 aliphatic rings. The van der Waals surface area contributed by atoms with Crippen LogP contribution in [0.1, 0.15) is 5.56 Å². The number of sulfonamides is 1. The van der Waals surface area contributed by atoms with Gasteiger partial charge in [0.2, 0.25) is 5.91 Å². The van der Waals surface area contributed by atoms with Crippen LogP contribution in [0.25, 0.3) is 10.6 Å². The third-order valence-electron chi connectivity index (χ3n) is 3.51. The molecule has 0 radical (unpaired) electrons. The Hall–Kier alpha value is -2.23. The lowest BCUT2D eigenvalue weighted by molar-refractivity contribution is -0.115. The average molecular weight is 377 g/mol. The second-order valence-corrected chi connectivity index (χ2v) is 8.65. The lowest BCUT2D eigenvalue weighted by Crippen LogP contribution is -2.13. The van der Waals surface area contributed by atoms with Crippen molar-refractivity contribution < 1.29 is 13.2 Å². The molecular formula is C15H11N3O3S3. The summed E-state index contributed by atoms with van der Waals surface area (Å²) in [6, 6.07) is 8.45. The Labute approximate surface area is 146 Å². The highest BCUT2D eigenvalue weighted by molar-refractivity contribution is 7.93. The van der Waals surface area contributed by atoms with Crippen LogP contribution in [0.2, 0.25) is 0 Å². The number of nitrogens with zero attached hydrogens (tertiary/aromatic N) is 1. The molecule has 0 bridgehead atoms. The van der Waals surface area contributed by atoms with E-state index in [0.717, 1.165) is 10.6 Å². The first-order chi connectivity index (χ1) is 11.5. The Morgan fingerprint density at radius 3 is 2.88 bits per heavy atom. The zero-order valence-electron chi connectivity index (χ0n) is 12.1. The Balaban J connectivity index is 1.60. The number of thiazole rings is 1. The minimum absolute atomic E-state index is 0.116. The quantitative estimate of drug-likeness (QED) is 0.731. The maximum absolute atomic E-state index is 12.5. The van der Waals surface area contributed by atoms with Crippen LogP contribution in [-0.4, -0.2) is 19.3 Å². The summed E-state index contributed by atoms with van der Waals surface area (Å²) >= 11 is 2.78. The second kappa shape index (κ2) is 5.69. The Kier molecular flexibility index (Phi) is 3.63. The molecule has 0 unspecified atom stereocenters. The molecular weight excluding hydrogens is 366 g/mol. The van der Waals surface area contributed by atoms with E-state index in [-0.39, 0.29) is 17.2 Å². The van der Waals surface area contributed by atoms with Gasteiger partial charge in [-0.3, -0.25) is 9.52 Å². The summed E-state index contributed by atoms with van der Waals surface area (Å²) in [5.74, 6) is -0.131. The van der Waals surface area contributed by atoms with Crippen LogP contribution in [0.4, 0.5) is 10.8 Å². The van der Waals surface area contributed by atoms with E-state index < -0.39 is 10.0 Å². The largest absolute Gasteiger partial charge is 0.326 e. The number of amides is 1. The highest BCUT2D eigenvalue weighted by Crippen LogP contribution is 2.30. The number of thiophene rings is 1. The number of anilines is 2. The number of carbonyl (C=O) groups is 1. The van der Waals surface area contributed by atoms with Crippen molar-refractivity contribution in [2.45, 2.75) is 11.3 Å². The van der Waals surface area contributed by atoms with Gasteiger partial charge in [0, 0.05) is 11.1 Å². The summed E-state index contributed by atoms with van der Waals surface area (Å²) in [4.78, 5) is 16.8. The SMILES string of the molecule is O=C1Cc2cc(S(=O)(=O)Nc3nc(-c4cccs4)cs3)ccc2N1. The molecule has 1 amide bonds. The first-order valence-electron chi connectivity index (χ1n) is 6.96. The molecule has 3 aromatic rings. The van der Waals surface area contributed by atoms with Gasteiger partial charge in [-0.1, -0.05) is 6.07 Å². The fourth-order valence-electron chi connectivity index (χ4n) is 2.40. The van der Waals surface area contributed by atoms with Gasteiger partial charge >= 0.3 is 0 Å². The first-order valence-corrected chi connectivity index (χ1v) is 10.2. The van der Waals surface area contributed by atoms with Crippen molar-refractivity contribution in [2.75, 3.05) is 10.0 Å². The fraction of sp³-hybridized carbons (Fsp3) is 0.0667. The third-order valence-corrected chi connectivity index (χ3v) is 6.63. The number of hydrogen-bond donors (Lipinski definition) is 2. The molecule has 2 N–H and O–H groups in total. The van der Waals surface area contributed by atoms with Crippen molar-refractivity contribution in [3.63, 3.8) is 0 Å². The van der Waals surface area contributed by atoms with E-state index in [1.54, 1.807) is 17.4 Å². The fourth-order valence-corrected chi connectivity index (χ4v) is 5.18. The van der Waals surface area contributed by atoms with E-state index in [0.29, 0.717) is 16.4 Å². The molecule has 1 aromatic carbocycles. The molecule has 3 heterocycles. The zero-order chi connectivity index (χ0) is 16.7. The molecule has 0 spiro atoms. The van der Waals surface area contributed by atoms with Crippen LogP contribution in [0.15, 0.2) is 46.0 Å². The van der Waals surface area contributed by atoms with Gasteiger partial charge in [-0.2, -0.15) is 0 Å². The van der Waals surface area contributed by atoms with E-state index >= 15 is 0 Å². The van der Waals surface area contributed by atoms with Gasteiger partial charge < -0.3 is 5.32 Å². The molecule has 0 aliphatic carbocycles. The van der Waals surface area contributed by atoms with Crippen molar-refractivity contribution in [1.82, 2.24) is 4.98 Å². The van der Waals surface area contributed by atoms with Gasteiger partial charge in [-0.05, 0) is 35.2 Å². The Morgan fingerprint density at radius 1 is 1.21 bits per heavy atom. The minimum atomic E-state index is -3.75. The Bertz CT molecular complexity index is 1020. The van der Waals surface area contributed by atoms with Crippen molar-refractivity contribution in [3.05, 3.63) is 46.7 Å². The maximum Gasteiger partial charge on any atom is 0.263 e. The number of aromatic nitrogens is 1. The molecule has 1 aliphatic heterocycles. The highest BCUT2D eigenvalue weighted by Gasteiger charge is 2.22. The molecule has 6 nitrogen and oxygen atoms in total. The summed E-state index contributed by atoms with van der Waals surface area (Å²) in [5, 5.41) is 6.75. The minimum Gasteiger partial charge on any atom is -0.326 e. The molecule has 24 heavy (non-hydrogen) atoms. The highest BCUT2D eigenvalue weighted by atomic mass is 32.2. The topological polar surface area (TPSA) is 88.2 Å². The summed E-state index contributed by atoms with van der Waals surface area (Å²) < 4.78 is 27.6. The zero-order valence-corrected chi connectivity index (χ0v) is 14.6. The van der Waals surface area contributed by atoms with Crippen LogP contribution in [0, 0.1) is 0 Å². The lowest BCUT2D eigenvalue weighted by atomic mass is 10.2. The molecule has 0 fully saturated rings. The van der Waals surface area contributed by atoms with E-state index in [2.05, 4.69) is 15.0 Å². The van der Waals surface area contributed by atoms with Crippen molar-refractivity contribution in [2.24, 2.45) is 0 Å². The van der Waals surface area contributed by atoms with Gasteiger partial charge in [0.25, 0.3) is 10.0 Å². The summed E-state index contributed by atoms with van der Waals surface area (Å²) in [7, 11) is -3.75. The second-order valence-electron chi connectivity index (χ2n) is 5.16. The molecule has 9 heteroatoms. The number of fused-ring (bicyclic) bond motifs is 1. The normalized spacial score (nSPS) is 13.6. The van der Waals surface area contributed by atoms with Crippen LogP contribution < -0.4 is 10.0 Å². The predicted octanol–water partition coefficient (Wildman–Crippen LogP) is 3.17. The standard InChI is InChI=1S/C15H11N3O3S3/c19-14-7-9-6-10(3-4-11(9)16-14)24(20,21)18-15-17-12(8-23-15)13-2-1-5-22-13/h1-6,8H,7H2,(H,16,19)(H,17,18). The van der Waals surface area contributed by atoms with E-state index in [4.69, 9.17) is 0 Å². The predicted molar refractivity (Wildman–Crippen MR) is 95.0 cm³/mol. The van der Waals surface area contributed by atoms with Crippen LogP contribution in [-0.2, 0) is 21.2 Å². The number of hydrogen-bond acceptors (Lipinski definition) is 6. The van der Waals surface area contributed by atoms with Gasteiger partial charge in [-0.15, -0.1) is 22.7 Å². The number of carbonyl (C=O) groups excluding carboxylic acids is 1. The van der Waals surface area contributed by atoms with Crippen LogP contribution in [0.3, 0.4) is 0 Å². The average Bonchev–Trinajstić information content (AvgIpc) is 3.24. The number of nitrogens with one attached hydrogen (secondary N) is 2. The van der Waals surface area contributed by atoms with Gasteiger partial charge in [0.05, 0.1) is 21.9 Å². The molecule has 4 rings (SSSR count). The summed E-state index contributed by atoms with van der Waals surface area (Å²) in [6.07, 6.45) is 0.193. The smallest absolute Gasteiger partial charge is 0.263 e. The summed E-state index contributed by atoms with van der Waals surface area (Å²) in [6.45, 7) is 0. The maximum atomic E-state index is 12.5. The van der Waals surface area contributed by atoms with E-state index in [9.17, 15) is 13.2 Å². The van der Waals surface area contributed by atoms with E-state index in [1.165, 1.54) is 23.5 Å². The Morgan fingerprint density at radius 2 is 2.08 bits per heavy atom. The number of rotatable bonds is 4. The van der Waals surface area contributed by atoms with Crippen LogP contribution >= 0.6 is 22.7 Å². The van der Waals surface area contributed by atoms with Gasteiger partial charge in [0.15, 0.2) is 5.13 Å². The van der Waals surface area contributed by atoms with Crippen LogP contribution in [0.5, 0.6) is 0 Å². The van der Waals surface area contributed by atoms with Crippen molar-refractivity contribution in [3.8, 4) is 10.6 Å². The monoisotopic (exact) mass is 377 g/mol. The lowest BCUT2D eigenvalue weighted by Gasteiger charge is -2.06. The molecule has 0 atom stereocenters. The first kappa shape index (κ1) is 15.3. The molecule has 122 valence electrons.